The van der Waals surface area contributed by atoms with Gasteiger partial charge in [0, 0.05) is 55.7 Å². The normalized spacial score (nSPS) is 15.2. The molecule has 1 saturated heterocycles. The highest BCUT2D eigenvalue weighted by molar-refractivity contribution is 6.03. The number of nitrogens with zero attached hydrogens (tertiary/aromatic N) is 4. The Balaban J connectivity index is 1.50. The van der Waals surface area contributed by atoms with E-state index in [9.17, 15) is 4.79 Å². The van der Waals surface area contributed by atoms with E-state index in [0.717, 1.165) is 59.7 Å². The van der Waals surface area contributed by atoms with Crippen LogP contribution in [0, 0.1) is 6.92 Å². The molecule has 1 fully saturated rings. The van der Waals surface area contributed by atoms with Gasteiger partial charge in [-0.2, -0.15) is 0 Å². The molecule has 0 saturated carbocycles. The highest BCUT2D eigenvalue weighted by atomic mass is 16.1. The van der Waals surface area contributed by atoms with Crippen LogP contribution in [0.1, 0.15) is 11.1 Å². The van der Waals surface area contributed by atoms with Crippen LogP contribution in [0.15, 0.2) is 54.9 Å². The van der Waals surface area contributed by atoms with Crippen LogP contribution in [-0.2, 0) is 4.79 Å². The van der Waals surface area contributed by atoms with Crippen LogP contribution in [0.4, 0.5) is 11.5 Å². The molecule has 3 heterocycles. The lowest BCUT2D eigenvalue weighted by Gasteiger charge is -2.33. The first-order valence-electron chi connectivity index (χ1n) is 9.82. The minimum absolute atomic E-state index is 0.173. The molecule has 3 aromatic rings. The molecule has 4 rings (SSSR count). The molecule has 0 unspecified atom stereocenters. The van der Waals surface area contributed by atoms with Crippen LogP contribution in [0.5, 0.6) is 0 Å². The fourth-order valence-electron chi connectivity index (χ4n) is 3.48. The molecule has 1 N–H and O–H groups in total. The quantitative estimate of drug-likeness (QED) is 0.696. The van der Waals surface area contributed by atoms with Gasteiger partial charge in [0.15, 0.2) is 0 Å². The van der Waals surface area contributed by atoms with Gasteiger partial charge in [-0.3, -0.25) is 9.78 Å². The average Bonchev–Trinajstić information content (AvgIpc) is 2.74. The number of aromatic nitrogens is 2. The Bertz CT molecular complexity index is 1040. The van der Waals surface area contributed by atoms with Crippen LogP contribution >= 0.6 is 0 Å². The van der Waals surface area contributed by atoms with Crippen molar-refractivity contribution >= 4 is 34.4 Å². The summed E-state index contributed by atoms with van der Waals surface area (Å²) in [4.78, 5) is 25.8. The van der Waals surface area contributed by atoms with Gasteiger partial charge in [-0.15, -0.1) is 0 Å². The molecule has 0 bridgehead atoms. The van der Waals surface area contributed by atoms with Gasteiger partial charge in [-0.25, -0.2) is 4.98 Å². The van der Waals surface area contributed by atoms with E-state index in [1.807, 2.05) is 30.3 Å². The zero-order chi connectivity index (χ0) is 20.2. The number of anilines is 2. The van der Waals surface area contributed by atoms with Gasteiger partial charge >= 0.3 is 0 Å². The summed E-state index contributed by atoms with van der Waals surface area (Å²) >= 11 is 0. The summed E-state index contributed by atoms with van der Waals surface area (Å²) in [6.07, 6.45) is 6.69. The fraction of sp³-hybridized carbons (Fsp3) is 0.261. The van der Waals surface area contributed by atoms with Crippen molar-refractivity contribution in [3.8, 4) is 0 Å². The van der Waals surface area contributed by atoms with Crippen LogP contribution < -0.4 is 10.2 Å². The molecule has 1 aliphatic rings. The lowest BCUT2D eigenvalue weighted by molar-refractivity contribution is -0.111. The smallest absolute Gasteiger partial charge is 0.248 e. The van der Waals surface area contributed by atoms with Crippen molar-refractivity contribution in [3.63, 3.8) is 0 Å². The van der Waals surface area contributed by atoms with Gasteiger partial charge in [0.1, 0.15) is 5.82 Å². The highest BCUT2D eigenvalue weighted by Crippen LogP contribution is 2.26. The minimum atomic E-state index is -0.173. The van der Waals surface area contributed by atoms with E-state index < -0.39 is 0 Å². The number of piperazine rings is 1. The Hall–Kier alpha value is -3.25. The van der Waals surface area contributed by atoms with Gasteiger partial charge in [0.05, 0.1) is 5.52 Å². The molecule has 6 nitrogen and oxygen atoms in total. The highest BCUT2D eigenvalue weighted by Gasteiger charge is 2.16. The van der Waals surface area contributed by atoms with Crippen LogP contribution in [0.3, 0.4) is 0 Å². The van der Waals surface area contributed by atoms with Crippen molar-refractivity contribution in [1.29, 1.82) is 0 Å². The molecule has 29 heavy (non-hydrogen) atoms. The average molecular weight is 387 g/mol. The summed E-state index contributed by atoms with van der Waals surface area (Å²) in [7, 11) is 2.15. The second-order valence-electron chi connectivity index (χ2n) is 7.43. The van der Waals surface area contributed by atoms with Crippen molar-refractivity contribution in [2.24, 2.45) is 0 Å². The fourth-order valence-corrected chi connectivity index (χ4v) is 3.48. The van der Waals surface area contributed by atoms with E-state index in [4.69, 9.17) is 4.98 Å². The Morgan fingerprint density at radius 1 is 1.14 bits per heavy atom. The van der Waals surface area contributed by atoms with E-state index in [-0.39, 0.29) is 5.91 Å². The van der Waals surface area contributed by atoms with Crippen molar-refractivity contribution in [1.82, 2.24) is 14.9 Å². The van der Waals surface area contributed by atoms with Gasteiger partial charge in [-0.05, 0) is 61.5 Å². The van der Waals surface area contributed by atoms with E-state index in [2.05, 4.69) is 40.1 Å². The summed E-state index contributed by atoms with van der Waals surface area (Å²) in [5.41, 5.74) is 3.75. The minimum Gasteiger partial charge on any atom is -0.354 e. The predicted octanol–water partition coefficient (Wildman–Crippen LogP) is 3.34. The molecule has 1 aliphatic heterocycles. The molecule has 1 aromatic carbocycles. The number of nitrogens with one attached hydrogen (secondary N) is 1. The van der Waals surface area contributed by atoms with E-state index >= 15 is 0 Å². The summed E-state index contributed by atoms with van der Waals surface area (Å²) < 4.78 is 0. The number of amides is 1. The standard InChI is InChI=1S/C23H25N5O/c1-17-14-22(28-12-10-27(2)11-13-28)26-21-7-6-19(15-20(17)21)25-23(29)8-5-18-4-3-9-24-16-18/h3-9,14-16H,10-13H2,1-2H3,(H,25,29). The summed E-state index contributed by atoms with van der Waals surface area (Å²) in [5.74, 6) is 0.854. The maximum Gasteiger partial charge on any atom is 0.248 e. The molecule has 0 aliphatic carbocycles. The van der Waals surface area contributed by atoms with Crippen molar-refractivity contribution in [3.05, 3.63) is 66.0 Å². The zero-order valence-corrected chi connectivity index (χ0v) is 16.8. The zero-order valence-electron chi connectivity index (χ0n) is 16.8. The second-order valence-corrected chi connectivity index (χ2v) is 7.43. The number of aryl methyl sites for hydroxylation is 1. The number of rotatable bonds is 4. The number of hydrogen-bond donors (Lipinski definition) is 1. The molecule has 0 spiro atoms. The van der Waals surface area contributed by atoms with Crippen LogP contribution in [0.25, 0.3) is 17.0 Å². The number of hydrogen-bond acceptors (Lipinski definition) is 5. The van der Waals surface area contributed by atoms with Crippen LogP contribution in [-0.4, -0.2) is 54.0 Å². The Morgan fingerprint density at radius 2 is 1.97 bits per heavy atom. The molecule has 0 atom stereocenters. The first kappa shape index (κ1) is 19.1. The van der Waals surface area contributed by atoms with Gasteiger partial charge in [0.25, 0.3) is 0 Å². The third kappa shape index (κ3) is 4.60. The molecule has 1 amide bonds. The molecule has 2 aromatic heterocycles. The number of carbonyl (C=O) groups excluding carboxylic acids is 1. The van der Waals surface area contributed by atoms with Crippen LogP contribution in [0.2, 0.25) is 0 Å². The molecule has 0 radical (unpaired) electrons. The largest absolute Gasteiger partial charge is 0.354 e. The second kappa shape index (κ2) is 8.41. The van der Waals surface area contributed by atoms with Crippen molar-refractivity contribution < 1.29 is 4.79 Å². The maximum absolute atomic E-state index is 12.2. The number of benzene rings is 1. The number of likely N-dealkylation sites (N-methyl/N-ethyl adjacent to an activating group) is 1. The Labute approximate surface area is 170 Å². The molecule has 6 heteroatoms. The molecular formula is C23H25N5O. The van der Waals surface area contributed by atoms with Gasteiger partial charge in [-0.1, -0.05) is 6.07 Å². The maximum atomic E-state index is 12.2. The number of fused-ring (bicyclic) bond motifs is 1. The summed E-state index contributed by atoms with van der Waals surface area (Å²) in [5, 5.41) is 3.98. The van der Waals surface area contributed by atoms with Gasteiger partial charge in [0.2, 0.25) is 5.91 Å². The summed E-state index contributed by atoms with van der Waals surface area (Å²) in [6.45, 7) is 6.18. The number of carbonyl (C=O) groups is 1. The predicted molar refractivity (Wildman–Crippen MR) is 118 cm³/mol. The lowest BCUT2D eigenvalue weighted by Crippen LogP contribution is -2.44. The van der Waals surface area contributed by atoms with Crippen molar-refractivity contribution in [2.45, 2.75) is 6.92 Å². The summed E-state index contributed by atoms with van der Waals surface area (Å²) in [6, 6.07) is 11.7. The first-order chi connectivity index (χ1) is 14.1. The third-order valence-electron chi connectivity index (χ3n) is 5.21. The molecular weight excluding hydrogens is 362 g/mol. The lowest BCUT2D eigenvalue weighted by atomic mass is 10.1. The van der Waals surface area contributed by atoms with E-state index in [1.54, 1.807) is 18.5 Å². The Morgan fingerprint density at radius 3 is 2.72 bits per heavy atom. The molecule has 148 valence electrons. The van der Waals surface area contributed by atoms with Gasteiger partial charge < -0.3 is 15.1 Å². The van der Waals surface area contributed by atoms with E-state index in [0.29, 0.717) is 0 Å². The monoisotopic (exact) mass is 387 g/mol. The third-order valence-corrected chi connectivity index (χ3v) is 5.21. The van der Waals surface area contributed by atoms with E-state index in [1.165, 1.54) is 6.08 Å². The number of pyridine rings is 2. The first-order valence-corrected chi connectivity index (χ1v) is 9.82. The topological polar surface area (TPSA) is 61.4 Å². The van der Waals surface area contributed by atoms with Crippen molar-refractivity contribution in [2.75, 3.05) is 43.4 Å². The SMILES string of the molecule is Cc1cc(N2CCN(C)CC2)nc2ccc(NC(=O)C=Cc3cccnc3)cc12. The Kier molecular flexibility index (Phi) is 5.53.